The minimum absolute atomic E-state index is 0.0121. The van der Waals surface area contributed by atoms with E-state index in [4.69, 9.17) is 0 Å². The maximum atomic E-state index is 13.9. The summed E-state index contributed by atoms with van der Waals surface area (Å²) in [6.07, 6.45) is 5.35. The van der Waals surface area contributed by atoms with Gasteiger partial charge in [0.05, 0.1) is 11.4 Å². The van der Waals surface area contributed by atoms with E-state index in [-0.39, 0.29) is 17.4 Å². The van der Waals surface area contributed by atoms with Gasteiger partial charge in [-0.1, -0.05) is 79.3 Å². The molecule has 5 nitrogen and oxygen atoms in total. The van der Waals surface area contributed by atoms with Crippen molar-refractivity contribution in [1.29, 1.82) is 0 Å². The van der Waals surface area contributed by atoms with Crippen molar-refractivity contribution < 1.29 is 4.79 Å². The van der Waals surface area contributed by atoms with Gasteiger partial charge < -0.3 is 9.80 Å². The van der Waals surface area contributed by atoms with Gasteiger partial charge in [-0.3, -0.25) is 13.5 Å². The molecule has 1 aliphatic rings. The molecule has 3 aromatic carbocycles. The van der Waals surface area contributed by atoms with Crippen LogP contribution in [0.4, 0.5) is 11.4 Å². The Hall–Kier alpha value is -3.64. The predicted molar refractivity (Wildman–Crippen MR) is 159 cm³/mol. The third kappa shape index (κ3) is 5.76. The van der Waals surface area contributed by atoms with Crippen molar-refractivity contribution in [2.45, 2.75) is 38.6 Å². The van der Waals surface area contributed by atoms with Gasteiger partial charge in [0.25, 0.3) is 5.56 Å². The highest BCUT2D eigenvalue weighted by Gasteiger charge is 2.27. The standard InChI is InChI=1S/C32H35N3O2S/c1-33(2)28-18-16-25(17-19-28)24-14-12-23(13-15-24)22-35(32(37)26-8-5-4-6-9-26)29-11-7-10-27(20-29)30-21-31(36)34(3)38-30/h7,10-21,26H,4-6,8-9,22H2,1-3H3. The fraction of sp³-hybridized carbons (Fsp3) is 0.312. The van der Waals surface area contributed by atoms with Crippen molar-refractivity contribution in [3.63, 3.8) is 0 Å². The maximum absolute atomic E-state index is 13.9. The number of benzene rings is 3. The Labute approximate surface area is 229 Å². The molecule has 0 unspecified atom stereocenters. The molecule has 1 saturated carbocycles. The quantitative estimate of drug-likeness (QED) is 0.262. The van der Waals surface area contributed by atoms with Crippen LogP contribution in [0.3, 0.4) is 0 Å². The molecule has 1 aromatic heterocycles. The van der Waals surface area contributed by atoms with Crippen LogP contribution < -0.4 is 15.4 Å². The molecular weight excluding hydrogens is 490 g/mol. The zero-order valence-corrected chi connectivity index (χ0v) is 23.2. The van der Waals surface area contributed by atoms with Crippen molar-refractivity contribution in [1.82, 2.24) is 3.96 Å². The van der Waals surface area contributed by atoms with Gasteiger partial charge in [0.2, 0.25) is 5.91 Å². The molecule has 0 radical (unpaired) electrons. The van der Waals surface area contributed by atoms with Crippen LogP contribution in [0.15, 0.2) is 83.7 Å². The van der Waals surface area contributed by atoms with Gasteiger partial charge in [0.1, 0.15) is 0 Å². The SMILES string of the molecule is CN(C)c1ccc(-c2ccc(CN(C(=O)C3CCCCC3)c3cccc(-c4cc(=O)n(C)s4)c3)cc2)cc1. The number of rotatable bonds is 7. The summed E-state index contributed by atoms with van der Waals surface area (Å²) in [5, 5.41) is 0. The number of carbonyl (C=O) groups is 1. The molecule has 0 saturated heterocycles. The van der Waals surface area contributed by atoms with Gasteiger partial charge in [-0.15, -0.1) is 0 Å². The Balaban J connectivity index is 1.43. The second-order valence-electron chi connectivity index (χ2n) is 10.4. The lowest BCUT2D eigenvalue weighted by molar-refractivity contribution is -0.123. The van der Waals surface area contributed by atoms with E-state index in [0.29, 0.717) is 6.54 Å². The molecule has 4 aromatic rings. The summed E-state index contributed by atoms with van der Waals surface area (Å²) in [5.74, 6) is 0.265. The first-order valence-corrected chi connectivity index (χ1v) is 14.1. The molecule has 1 amide bonds. The highest BCUT2D eigenvalue weighted by Crippen LogP contribution is 2.32. The second-order valence-corrected chi connectivity index (χ2v) is 11.6. The van der Waals surface area contributed by atoms with Crippen LogP contribution in [-0.2, 0) is 18.4 Å². The van der Waals surface area contributed by atoms with Crippen molar-refractivity contribution in [3.05, 3.63) is 94.8 Å². The molecule has 6 heteroatoms. The Kier molecular flexibility index (Phi) is 7.79. The molecule has 1 fully saturated rings. The largest absolute Gasteiger partial charge is 0.378 e. The van der Waals surface area contributed by atoms with E-state index in [9.17, 15) is 9.59 Å². The minimum atomic E-state index is -0.0121. The number of anilines is 2. The summed E-state index contributed by atoms with van der Waals surface area (Å²) in [5.41, 5.74) is 6.43. The lowest BCUT2D eigenvalue weighted by Gasteiger charge is -2.30. The fourth-order valence-corrected chi connectivity index (χ4v) is 6.01. The molecule has 0 N–H and O–H groups in total. The van der Waals surface area contributed by atoms with Crippen LogP contribution >= 0.6 is 11.5 Å². The highest BCUT2D eigenvalue weighted by molar-refractivity contribution is 7.10. The van der Waals surface area contributed by atoms with Gasteiger partial charge in [0, 0.05) is 44.5 Å². The van der Waals surface area contributed by atoms with Crippen LogP contribution in [0.5, 0.6) is 0 Å². The number of nitrogens with zero attached hydrogens (tertiary/aromatic N) is 3. The molecule has 1 aliphatic carbocycles. The lowest BCUT2D eigenvalue weighted by atomic mass is 9.88. The van der Waals surface area contributed by atoms with E-state index in [0.717, 1.165) is 52.9 Å². The van der Waals surface area contributed by atoms with E-state index in [1.54, 1.807) is 17.1 Å². The van der Waals surface area contributed by atoms with Gasteiger partial charge in [0.15, 0.2) is 0 Å². The van der Waals surface area contributed by atoms with Gasteiger partial charge in [-0.2, -0.15) is 0 Å². The molecule has 0 aliphatic heterocycles. The third-order valence-electron chi connectivity index (χ3n) is 7.47. The zero-order valence-electron chi connectivity index (χ0n) is 22.4. The number of hydrogen-bond acceptors (Lipinski definition) is 4. The predicted octanol–water partition coefficient (Wildman–Crippen LogP) is 6.96. The number of carbonyl (C=O) groups excluding carboxylic acids is 1. The van der Waals surface area contributed by atoms with Crippen molar-refractivity contribution in [2.24, 2.45) is 13.0 Å². The van der Waals surface area contributed by atoms with E-state index in [1.165, 1.54) is 29.2 Å². The highest BCUT2D eigenvalue weighted by atomic mass is 32.1. The van der Waals surface area contributed by atoms with Crippen LogP contribution in [0.25, 0.3) is 21.6 Å². The fourth-order valence-electron chi connectivity index (χ4n) is 5.19. The number of aromatic nitrogens is 1. The van der Waals surface area contributed by atoms with Crippen LogP contribution in [0.2, 0.25) is 0 Å². The summed E-state index contributed by atoms with van der Waals surface area (Å²) < 4.78 is 1.63. The molecule has 38 heavy (non-hydrogen) atoms. The average molecular weight is 526 g/mol. The molecule has 196 valence electrons. The van der Waals surface area contributed by atoms with E-state index in [2.05, 4.69) is 53.4 Å². The second kappa shape index (κ2) is 11.4. The first kappa shape index (κ1) is 26.0. The summed E-state index contributed by atoms with van der Waals surface area (Å²) in [6, 6.07) is 26.8. The van der Waals surface area contributed by atoms with Gasteiger partial charge in [-0.25, -0.2) is 0 Å². The number of hydrogen-bond donors (Lipinski definition) is 0. The van der Waals surface area contributed by atoms with Gasteiger partial charge >= 0.3 is 0 Å². The first-order chi connectivity index (χ1) is 18.4. The minimum Gasteiger partial charge on any atom is -0.378 e. The third-order valence-corrected chi connectivity index (χ3v) is 8.48. The molecule has 5 rings (SSSR count). The lowest BCUT2D eigenvalue weighted by Crippen LogP contribution is -2.36. The number of amides is 1. The summed E-state index contributed by atoms with van der Waals surface area (Å²) in [4.78, 5) is 30.9. The molecule has 0 spiro atoms. The Morgan fingerprint density at radius 1 is 0.842 bits per heavy atom. The van der Waals surface area contributed by atoms with Crippen molar-refractivity contribution in [3.8, 4) is 21.6 Å². The van der Waals surface area contributed by atoms with Crippen LogP contribution in [-0.4, -0.2) is 24.0 Å². The van der Waals surface area contributed by atoms with E-state index < -0.39 is 0 Å². The average Bonchev–Trinajstić information content (AvgIpc) is 3.30. The van der Waals surface area contributed by atoms with E-state index >= 15 is 0 Å². The zero-order chi connectivity index (χ0) is 26.6. The Morgan fingerprint density at radius 2 is 1.50 bits per heavy atom. The van der Waals surface area contributed by atoms with Crippen molar-refractivity contribution in [2.75, 3.05) is 23.9 Å². The monoisotopic (exact) mass is 525 g/mol. The van der Waals surface area contributed by atoms with Gasteiger partial charge in [-0.05, 0) is 59.4 Å². The van der Waals surface area contributed by atoms with Crippen LogP contribution in [0.1, 0.15) is 37.7 Å². The van der Waals surface area contributed by atoms with Crippen LogP contribution in [0, 0.1) is 5.92 Å². The Bertz CT molecular complexity index is 1450. The summed E-state index contributed by atoms with van der Waals surface area (Å²) >= 11 is 1.43. The normalized spacial score (nSPS) is 13.9. The summed E-state index contributed by atoms with van der Waals surface area (Å²) in [6.45, 7) is 0.518. The number of aryl methyl sites for hydroxylation is 1. The maximum Gasteiger partial charge on any atom is 0.260 e. The first-order valence-electron chi connectivity index (χ1n) is 13.3. The molecular formula is C32H35N3O2S. The topological polar surface area (TPSA) is 45.6 Å². The molecule has 0 bridgehead atoms. The summed E-state index contributed by atoms with van der Waals surface area (Å²) in [7, 11) is 5.86. The smallest absolute Gasteiger partial charge is 0.260 e. The molecule has 0 atom stereocenters. The van der Waals surface area contributed by atoms with Crippen molar-refractivity contribution >= 4 is 28.8 Å². The van der Waals surface area contributed by atoms with E-state index in [1.807, 2.05) is 43.3 Å². The molecule has 1 heterocycles. The Morgan fingerprint density at radius 3 is 2.11 bits per heavy atom.